The number of halogens is 2. The molecule has 0 aliphatic carbocycles. The monoisotopic (exact) mass is 507 g/mol. The summed E-state index contributed by atoms with van der Waals surface area (Å²) in [6.45, 7) is 1.25. The SMILES string of the molecule is O=C(Nc1ccc2cc(Cl)ccc2n1)C1CCN(c2nnc(-c3cc4cc(Cl)ccc4o3)o2)CC1. The number of carbonyl (C=O) groups is 1. The number of hydrogen-bond donors (Lipinski definition) is 1. The maximum absolute atomic E-state index is 12.8. The van der Waals surface area contributed by atoms with Crippen LogP contribution in [0.3, 0.4) is 0 Å². The lowest BCUT2D eigenvalue weighted by Crippen LogP contribution is -2.38. The van der Waals surface area contributed by atoms with Gasteiger partial charge in [0.2, 0.25) is 5.91 Å². The van der Waals surface area contributed by atoms with Crippen LogP contribution in [0.2, 0.25) is 10.0 Å². The molecule has 1 N–H and O–H groups in total. The van der Waals surface area contributed by atoms with Crippen molar-refractivity contribution in [3.05, 3.63) is 64.6 Å². The first-order chi connectivity index (χ1) is 17.0. The van der Waals surface area contributed by atoms with Crippen LogP contribution in [-0.2, 0) is 4.79 Å². The number of rotatable bonds is 4. The first-order valence-electron chi connectivity index (χ1n) is 11.2. The molecular weight excluding hydrogens is 489 g/mol. The number of carbonyl (C=O) groups excluding carboxylic acids is 1. The summed E-state index contributed by atoms with van der Waals surface area (Å²) >= 11 is 12.1. The number of amides is 1. The highest BCUT2D eigenvalue weighted by Gasteiger charge is 2.28. The van der Waals surface area contributed by atoms with Crippen molar-refractivity contribution in [1.82, 2.24) is 15.2 Å². The summed E-state index contributed by atoms with van der Waals surface area (Å²) in [6.07, 6.45) is 1.33. The Morgan fingerprint density at radius 3 is 2.51 bits per heavy atom. The number of piperidine rings is 1. The second-order valence-electron chi connectivity index (χ2n) is 8.47. The average molecular weight is 508 g/mol. The molecule has 0 spiro atoms. The molecule has 0 bridgehead atoms. The first-order valence-corrected chi connectivity index (χ1v) is 11.9. The van der Waals surface area contributed by atoms with Crippen LogP contribution >= 0.6 is 23.2 Å². The number of pyridine rings is 1. The van der Waals surface area contributed by atoms with Crippen LogP contribution in [0.1, 0.15) is 12.8 Å². The normalized spacial score (nSPS) is 14.6. The second-order valence-corrected chi connectivity index (χ2v) is 9.34. The van der Waals surface area contributed by atoms with Crippen molar-refractivity contribution in [1.29, 1.82) is 0 Å². The second kappa shape index (κ2) is 8.87. The first kappa shape index (κ1) is 21.9. The Kier molecular flexibility index (Phi) is 5.54. The van der Waals surface area contributed by atoms with Crippen LogP contribution in [0.4, 0.5) is 11.8 Å². The molecule has 3 aromatic heterocycles. The molecule has 10 heteroatoms. The third kappa shape index (κ3) is 4.42. The largest absolute Gasteiger partial charge is 0.451 e. The summed E-state index contributed by atoms with van der Waals surface area (Å²) in [5.74, 6) is 1.14. The fraction of sp³-hybridized carbons (Fsp3) is 0.200. The standard InChI is InChI=1S/C25H19Cl2N5O3/c26-17-2-4-19-15(11-17)1-6-22(28-19)29-23(33)14-7-9-32(10-8-14)25-31-30-24(35-25)21-13-16-12-18(27)3-5-20(16)34-21/h1-6,11-14H,7-10H2,(H,28,29,33). The predicted molar refractivity (Wildman–Crippen MR) is 135 cm³/mol. The van der Waals surface area contributed by atoms with Gasteiger partial charge in [-0.05, 0) is 67.4 Å². The van der Waals surface area contributed by atoms with E-state index >= 15 is 0 Å². The van der Waals surface area contributed by atoms with E-state index in [4.69, 9.17) is 32.0 Å². The molecule has 1 fully saturated rings. The molecule has 0 atom stereocenters. The molecule has 6 rings (SSSR count). The van der Waals surface area contributed by atoms with Crippen molar-refractivity contribution in [2.75, 3.05) is 23.3 Å². The van der Waals surface area contributed by atoms with Gasteiger partial charge in [0.05, 0.1) is 5.52 Å². The zero-order valence-corrected chi connectivity index (χ0v) is 19.9. The molecule has 1 aliphatic heterocycles. The minimum atomic E-state index is -0.128. The van der Waals surface area contributed by atoms with Crippen molar-refractivity contribution >= 4 is 62.8 Å². The van der Waals surface area contributed by atoms with E-state index in [9.17, 15) is 4.79 Å². The molecule has 1 saturated heterocycles. The minimum absolute atomic E-state index is 0.0439. The number of benzene rings is 2. The van der Waals surface area contributed by atoms with E-state index < -0.39 is 0 Å². The number of aromatic nitrogens is 3. The van der Waals surface area contributed by atoms with Crippen LogP contribution in [0.25, 0.3) is 33.5 Å². The summed E-state index contributed by atoms with van der Waals surface area (Å²) in [7, 11) is 0. The summed E-state index contributed by atoms with van der Waals surface area (Å²) in [5.41, 5.74) is 1.47. The summed E-state index contributed by atoms with van der Waals surface area (Å²) in [6, 6.07) is 16.8. The van der Waals surface area contributed by atoms with Crippen LogP contribution in [0.5, 0.6) is 0 Å². The molecule has 5 aromatic rings. The Labute approximate surface area is 209 Å². The number of nitrogens with one attached hydrogen (secondary N) is 1. The molecule has 8 nitrogen and oxygen atoms in total. The van der Waals surface area contributed by atoms with Crippen molar-refractivity contribution in [3.63, 3.8) is 0 Å². The van der Waals surface area contributed by atoms with E-state index in [2.05, 4.69) is 20.5 Å². The van der Waals surface area contributed by atoms with Crippen molar-refractivity contribution in [2.45, 2.75) is 12.8 Å². The fourth-order valence-corrected chi connectivity index (χ4v) is 4.65. The van der Waals surface area contributed by atoms with E-state index in [-0.39, 0.29) is 11.8 Å². The maximum Gasteiger partial charge on any atom is 0.318 e. The molecule has 2 aromatic carbocycles. The number of hydrogen-bond acceptors (Lipinski definition) is 7. The lowest BCUT2D eigenvalue weighted by atomic mass is 9.96. The molecule has 35 heavy (non-hydrogen) atoms. The maximum atomic E-state index is 12.8. The highest BCUT2D eigenvalue weighted by molar-refractivity contribution is 6.31. The van der Waals surface area contributed by atoms with E-state index in [1.807, 2.05) is 35.2 Å². The fourth-order valence-electron chi connectivity index (χ4n) is 4.29. The minimum Gasteiger partial charge on any atom is -0.451 e. The van der Waals surface area contributed by atoms with Gasteiger partial charge in [0.1, 0.15) is 11.4 Å². The molecule has 0 saturated carbocycles. The van der Waals surface area contributed by atoms with E-state index in [0.29, 0.717) is 65.0 Å². The van der Waals surface area contributed by atoms with Crippen LogP contribution < -0.4 is 10.2 Å². The summed E-state index contributed by atoms with van der Waals surface area (Å²) in [4.78, 5) is 19.3. The summed E-state index contributed by atoms with van der Waals surface area (Å²) < 4.78 is 11.7. The van der Waals surface area contributed by atoms with Gasteiger partial charge in [-0.15, -0.1) is 5.10 Å². The molecule has 1 amide bonds. The molecule has 4 heterocycles. The van der Waals surface area contributed by atoms with E-state index in [1.165, 1.54) is 0 Å². The molecule has 176 valence electrons. The highest BCUT2D eigenvalue weighted by Crippen LogP contribution is 2.31. The van der Waals surface area contributed by atoms with Crippen molar-refractivity contribution < 1.29 is 13.6 Å². The van der Waals surface area contributed by atoms with Gasteiger partial charge in [-0.1, -0.05) is 28.3 Å². The summed E-state index contributed by atoms with van der Waals surface area (Å²) in [5, 5.41) is 14.3. The predicted octanol–water partition coefficient (Wildman–Crippen LogP) is 6.19. The zero-order valence-electron chi connectivity index (χ0n) is 18.4. The lowest BCUT2D eigenvalue weighted by molar-refractivity contribution is -0.120. The van der Waals surface area contributed by atoms with Gasteiger partial charge in [-0.3, -0.25) is 4.79 Å². The van der Waals surface area contributed by atoms with Gasteiger partial charge in [-0.25, -0.2) is 4.98 Å². The molecule has 1 aliphatic rings. The van der Waals surface area contributed by atoms with Gasteiger partial charge >= 0.3 is 6.01 Å². The van der Waals surface area contributed by atoms with Crippen molar-refractivity contribution in [2.24, 2.45) is 5.92 Å². The Morgan fingerprint density at radius 2 is 1.69 bits per heavy atom. The third-order valence-electron chi connectivity index (χ3n) is 6.14. The Hall–Kier alpha value is -3.62. The smallest absolute Gasteiger partial charge is 0.318 e. The number of furan rings is 1. The Balaban J connectivity index is 1.09. The number of nitrogens with zero attached hydrogens (tertiary/aromatic N) is 4. The topological polar surface area (TPSA) is 97.3 Å². The highest BCUT2D eigenvalue weighted by atomic mass is 35.5. The van der Waals surface area contributed by atoms with Gasteiger partial charge in [0, 0.05) is 39.8 Å². The average Bonchev–Trinajstić information content (AvgIpc) is 3.51. The zero-order chi connectivity index (χ0) is 23.9. The lowest BCUT2D eigenvalue weighted by Gasteiger charge is -2.29. The quantitative estimate of drug-likeness (QED) is 0.309. The molecular formula is C25H19Cl2N5O3. The Bertz CT molecular complexity index is 1560. The van der Waals surface area contributed by atoms with Gasteiger partial charge in [0.15, 0.2) is 5.76 Å². The number of fused-ring (bicyclic) bond motifs is 2. The third-order valence-corrected chi connectivity index (χ3v) is 6.61. The Morgan fingerprint density at radius 1 is 0.914 bits per heavy atom. The van der Waals surface area contributed by atoms with Crippen LogP contribution in [-0.4, -0.2) is 34.2 Å². The molecule has 0 unspecified atom stereocenters. The van der Waals surface area contributed by atoms with Gasteiger partial charge < -0.3 is 19.1 Å². The van der Waals surface area contributed by atoms with E-state index in [1.54, 1.807) is 24.3 Å². The van der Waals surface area contributed by atoms with Gasteiger partial charge in [-0.2, -0.15) is 0 Å². The van der Waals surface area contributed by atoms with Gasteiger partial charge in [0.25, 0.3) is 5.89 Å². The molecule has 0 radical (unpaired) electrons. The van der Waals surface area contributed by atoms with Crippen LogP contribution in [0, 0.1) is 5.92 Å². The van der Waals surface area contributed by atoms with Crippen molar-refractivity contribution in [3.8, 4) is 11.7 Å². The number of anilines is 2. The van der Waals surface area contributed by atoms with Crippen LogP contribution in [0.15, 0.2) is 63.4 Å². The van der Waals surface area contributed by atoms with E-state index in [0.717, 1.165) is 16.3 Å².